The van der Waals surface area contributed by atoms with Gasteiger partial charge in [0, 0.05) is 19.2 Å². The Hall–Kier alpha value is -0.990. The largest absolute Gasteiger partial charge is 0.515 e. The molecule has 3 nitrogen and oxygen atoms in total. The van der Waals surface area contributed by atoms with Crippen LogP contribution < -0.4 is 0 Å². The van der Waals surface area contributed by atoms with E-state index in [0.717, 1.165) is 19.4 Å². The molecule has 3 heteroatoms. The number of amidine groups is 1. The molecule has 2 N–H and O–H groups in total. The monoisotopic (exact) mass is 142 g/mol. The van der Waals surface area contributed by atoms with E-state index in [4.69, 9.17) is 10.5 Å². The Bertz CT molecular complexity index is 128. The highest BCUT2D eigenvalue weighted by Crippen LogP contribution is 1.89. The highest BCUT2D eigenvalue weighted by molar-refractivity contribution is 5.89. The summed E-state index contributed by atoms with van der Waals surface area (Å²) < 4.78 is 0. The molecule has 0 bridgehead atoms. The lowest BCUT2D eigenvalue weighted by Gasteiger charge is -2.18. The number of hydrogen-bond donors (Lipinski definition) is 2. The molecule has 0 radical (unpaired) electrons. The number of aliphatic hydroxyl groups is 1. The van der Waals surface area contributed by atoms with Gasteiger partial charge in [0.25, 0.3) is 0 Å². The SMILES string of the molecule is CCN(CC)C(=N)C=CO. The van der Waals surface area contributed by atoms with E-state index in [0.29, 0.717) is 5.84 Å². The van der Waals surface area contributed by atoms with Crippen LogP contribution in [0.4, 0.5) is 0 Å². The summed E-state index contributed by atoms with van der Waals surface area (Å²) >= 11 is 0. The highest BCUT2D eigenvalue weighted by atomic mass is 16.2. The molecule has 0 amide bonds. The Morgan fingerprint density at radius 3 is 2.30 bits per heavy atom. The summed E-state index contributed by atoms with van der Waals surface area (Å²) in [6, 6.07) is 0. The molecule has 0 saturated carbocycles. The van der Waals surface area contributed by atoms with Gasteiger partial charge in [-0.15, -0.1) is 0 Å². The number of nitrogens with one attached hydrogen (secondary N) is 1. The first-order chi connectivity index (χ1) is 4.76. The van der Waals surface area contributed by atoms with Crippen LogP contribution in [0.2, 0.25) is 0 Å². The Labute approximate surface area is 61.5 Å². The Morgan fingerprint density at radius 1 is 1.50 bits per heavy atom. The second-order valence-corrected chi connectivity index (χ2v) is 1.87. The molecule has 0 aromatic heterocycles. The summed E-state index contributed by atoms with van der Waals surface area (Å²) in [5, 5.41) is 15.7. The Morgan fingerprint density at radius 2 is 2.00 bits per heavy atom. The van der Waals surface area contributed by atoms with E-state index in [2.05, 4.69) is 0 Å². The fraction of sp³-hybridized carbons (Fsp3) is 0.571. The van der Waals surface area contributed by atoms with Gasteiger partial charge in [0.05, 0.1) is 6.26 Å². The Balaban J connectivity index is 3.89. The molecular weight excluding hydrogens is 128 g/mol. The standard InChI is InChI=1S/C7H14N2O/c1-3-9(4-2)7(8)5-6-10/h5-6,8,10H,3-4H2,1-2H3. The molecule has 0 rings (SSSR count). The van der Waals surface area contributed by atoms with Crippen LogP contribution >= 0.6 is 0 Å². The normalized spacial score (nSPS) is 10.2. The topological polar surface area (TPSA) is 47.3 Å². The van der Waals surface area contributed by atoms with Crippen LogP contribution in [-0.4, -0.2) is 28.9 Å². The Kier molecular flexibility index (Phi) is 4.37. The number of hydrogen-bond acceptors (Lipinski definition) is 2. The van der Waals surface area contributed by atoms with Crippen LogP contribution in [0.25, 0.3) is 0 Å². The summed E-state index contributed by atoms with van der Waals surface area (Å²) in [7, 11) is 0. The molecule has 0 aliphatic carbocycles. The van der Waals surface area contributed by atoms with E-state index in [1.165, 1.54) is 6.08 Å². The molecule has 0 fully saturated rings. The van der Waals surface area contributed by atoms with Crippen molar-refractivity contribution in [2.75, 3.05) is 13.1 Å². The first-order valence-corrected chi connectivity index (χ1v) is 3.40. The predicted octanol–water partition coefficient (Wildman–Crippen LogP) is 1.38. The van der Waals surface area contributed by atoms with Crippen LogP contribution in [0.5, 0.6) is 0 Å². The van der Waals surface area contributed by atoms with E-state index < -0.39 is 0 Å². The van der Waals surface area contributed by atoms with Crippen molar-refractivity contribution in [2.45, 2.75) is 13.8 Å². The molecule has 0 aliphatic rings. The molecule has 0 heterocycles. The van der Waals surface area contributed by atoms with E-state index in [-0.39, 0.29) is 0 Å². The number of likely N-dealkylation sites (N-methyl/N-ethyl adjacent to an activating group) is 1. The van der Waals surface area contributed by atoms with Gasteiger partial charge < -0.3 is 10.0 Å². The maximum absolute atomic E-state index is 8.33. The van der Waals surface area contributed by atoms with Gasteiger partial charge >= 0.3 is 0 Å². The van der Waals surface area contributed by atoms with E-state index >= 15 is 0 Å². The fourth-order valence-electron chi connectivity index (χ4n) is 0.740. The molecule has 10 heavy (non-hydrogen) atoms. The van der Waals surface area contributed by atoms with Crippen molar-refractivity contribution in [2.24, 2.45) is 0 Å². The second-order valence-electron chi connectivity index (χ2n) is 1.87. The third-order valence-electron chi connectivity index (χ3n) is 1.34. The summed E-state index contributed by atoms with van der Waals surface area (Å²) in [6.07, 6.45) is 2.26. The number of rotatable bonds is 3. The van der Waals surface area contributed by atoms with Crippen LogP contribution in [0.15, 0.2) is 12.3 Å². The summed E-state index contributed by atoms with van der Waals surface area (Å²) in [5.74, 6) is 0.354. The molecule has 0 spiro atoms. The molecule has 0 aromatic rings. The average Bonchev–Trinajstić information content (AvgIpc) is 1.91. The molecule has 58 valence electrons. The quantitative estimate of drug-likeness (QED) is 0.355. The maximum atomic E-state index is 8.33. The van der Waals surface area contributed by atoms with E-state index in [1.807, 2.05) is 18.7 Å². The predicted molar refractivity (Wildman–Crippen MR) is 42.4 cm³/mol. The van der Waals surface area contributed by atoms with Crippen LogP contribution in [0, 0.1) is 5.41 Å². The highest BCUT2D eigenvalue weighted by Gasteiger charge is 1.98. The van der Waals surface area contributed by atoms with Crippen molar-refractivity contribution in [1.82, 2.24) is 4.90 Å². The molecule has 0 saturated heterocycles. The third kappa shape index (κ3) is 2.53. The van der Waals surface area contributed by atoms with Gasteiger partial charge in [0.2, 0.25) is 0 Å². The lowest BCUT2D eigenvalue weighted by Crippen LogP contribution is -2.28. The van der Waals surface area contributed by atoms with Crippen LogP contribution in [-0.2, 0) is 0 Å². The molecule has 0 unspecified atom stereocenters. The van der Waals surface area contributed by atoms with Crippen molar-refractivity contribution in [1.29, 1.82) is 5.41 Å². The third-order valence-corrected chi connectivity index (χ3v) is 1.34. The van der Waals surface area contributed by atoms with Crippen molar-refractivity contribution < 1.29 is 5.11 Å². The lowest BCUT2D eigenvalue weighted by molar-refractivity contribution is 0.455. The minimum absolute atomic E-state index is 0.354. The van der Waals surface area contributed by atoms with Crippen LogP contribution in [0.1, 0.15) is 13.8 Å². The zero-order valence-electron chi connectivity index (χ0n) is 6.46. The summed E-state index contributed by atoms with van der Waals surface area (Å²) in [5.41, 5.74) is 0. The molecule has 0 aliphatic heterocycles. The van der Waals surface area contributed by atoms with Gasteiger partial charge in [-0.25, -0.2) is 0 Å². The van der Waals surface area contributed by atoms with Gasteiger partial charge in [-0.2, -0.15) is 0 Å². The number of aliphatic hydroxyl groups excluding tert-OH is 1. The minimum atomic E-state index is 0.354. The first-order valence-electron chi connectivity index (χ1n) is 3.40. The summed E-state index contributed by atoms with van der Waals surface area (Å²) in [6.45, 7) is 5.56. The smallest absolute Gasteiger partial charge is 0.123 e. The van der Waals surface area contributed by atoms with E-state index in [1.54, 1.807) is 0 Å². The van der Waals surface area contributed by atoms with Gasteiger partial charge in [-0.05, 0) is 13.8 Å². The van der Waals surface area contributed by atoms with Gasteiger partial charge in [0.15, 0.2) is 0 Å². The molecular formula is C7H14N2O. The zero-order chi connectivity index (χ0) is 7.98. The molecule has 0 aromatic carbocycles. The minimum Gasteiger partial charge on any atom is -0.515 e. The van der Waals surface area contributed by atoms with Crippen LogP contribution in [0.3, 0.4) is 0 Å². The van der Waals surface area contributed by atoms with Gasteiger partial charge in [-0.3, -0.25) is 5.41 Å². The number of nitrogens with zero attached hydrogens (tertiary/aromatic N) is 1. The zero-order valence-corrected chi connectivity index (χ0v) is 6.46. The van der Waals surface area contributed by atoms with Gasteiger partial charge in [0.1, 0.15) is 5.84 Å². The average molecular weight is 142 g/mol. The van der Waals surface area contributed by atoms with Crippen molar-refractivity contribution in [3.63, 3.8) is 0 Å². The summed E-state index contributed by atoms with van der Waals surface area (Å²) in [4.78, 5) is 1.84. The fourth-order valence-corrected chi connectivity index (χ4v) is 0.740. The first kappa shape index (κ1) is 9.01. The molecule has 0 atom stereocenters. The van der Waals surface area contributed by atoms with Crippen molar-refractivity contribution >= 4 is 5.84 Å². The maximum Gasteiger partial charge on any atom is 0.123 e. The van der Waals surface area contributed by atoms with Gasteiger partial charge in [-0.1, -0.05) is 0 Å². The second kappa shape index (κ2) is 4.85. The van der Waals surface area contributed by atoms with Crippen molar-refractivity contribution in [3.8, 4) is 0 Å². The lowest BCUT2D eigenvalue weighted by atomic mass is 10.4. The van der Waals surface area contributed by atoms with E-state index in [9.17, 15) is 0 Å². The van der Waals surface area contributed by atoms with Crippen molar-refractivity contribution in [3.05, 3.63) is 12.3 Å².